The average Bonchev–Trinajstić information content (AvgIpc) is 2.92. The molecule has 1 fully saturated rings. The molecule has 0 spiro atoms. The Morgan fingerprint density at radius 1 is 1.55 bits per heavy atom. The van der Waals surface area contributed by atoms with E-state index < -0.39 is 16.8 Å². The summed E-state index contributed by atoms with van der Waals surface area (Å²) in [5.74, 6) is 0.0317. The summed E-state index contributed by atoms with van der Waals surface area (Å²) in [6.07, 6.45) is 4.82. The summed E-state index contributed by atoms with van der Waals surface area (Å²) in [7, 11) is 0. The van der Waals surface area contributed by atoms with E-state index in [0.717, 1.165) is 19.0 Å². The first-order chi connectivity index (χ1) is 9.51. The second kappa shape index (κ2) is 5.49. The van der Waals surface area contributed by atoms with Crippen LogP contribution in [0.25, 0.3) is 0 Å². The van der Waals surface area contributed by atoms with Gasteiger partial charge in [-0.3, -0.25) is 4.98 Å². The topological polar surface area (TPSA) is 56.9 Å². The summed E-state index contributed by atoms with van der Waals surface area (Å²) in [6.45, 7) is 3.96. The third-order valence-corrected chi connectivity index (χ3v) is 4.86. The highest BCUT2D eigenvalue weighted by Gasteiger charge is 2.55. The van der Waals surface area contributed by atoms with E-state index in [0.29, 0.717) is 30.9 Å². The lowest BCUT2D eigenvalue weighted by Crippen LogP contribution is -2.44. The minimum Gasteiger partial charge on any atom is -0.382 e. The van der Waals surface area contributed by atoms with E-state index in [1.807, 2.05) is 6.92 Å². The molecule has 0 amide bonds. The number of nitriles is 1. The zero-order valence-electron chi connectivity index (χ0n) is 12.1. The fourth-order valence-corrected chi connectivity index (χ4v) is 3.45. The second-order valence-electron chi connectivity index (χ2n) is 5.79. The Labute approximate surface area is 119 Å². The van der Waals surface area contributed by atoms with Crippen molar-refractivity contribution in [1.29, 1.82) is 5.26 Å². The SMILES string of the molecule is CCC1CCC(C#N)(C(O)(CC)c2ccc(F)cn2)C1. The highest BCUT2D eigenvalue weighted by Crippen LogP contribution is 2.54. The molecule has 3 unspecified atom stereocenters. The largest absolute Gasteiger partial charge is 0.382 e. The predicted molar refractivity (Wildman–Crippen MR) is 74.1 cm³/mol. The van der Waals surface area contributed by atoms with Gasteiger partial charge in [-0.1, -0.05) is 20.3 Å². The van der Waals surface area contributed by atoms with Crippen LogP contribution in [0.4, 0.5) is 4.39 Å². The van der Waals surface area contributed by atoms with E-state index in [9.17, 15) is 14.8 Å². The fourth-order valence-electron chi connectivity index (χ4n) is 3.45. The van der Waals surface area contributed by atoms with E-state index in [4.69, 9.17) is 0 Å². The van der Waals surface area contributed by atoms with Crippen molar-refractivity contribution in [3.8, 4) is 6.07 Å². The van der Waals surface area contributed by atoms with Gasteiger partial charge in [0.1, 0.15) is 11.4 Å². The van der Waals surface area contributed by atoms with E-state index in [2.05, 4.69) is 18.0 Å². The summed E-state index contributed by atoms with van der Waals surface area (Å²) in [5.41, 5.74) is -1.72. The molecule has 0 aliphatic heterocycles. The van der Waals surface area contributed by atoms with Gasteiger partial charge in [-0.25, -0.2) is 4.39 Å². The average molecular weight is 276 g/mol. The first kappa shape index (κ1) is 14.9. The van der Waals surface area contributed by atoms with Crippen molar-refractivity contribution in [3.63, 3.8) is 0 Å². The Bertz CT molecular complexity index is 510. The molecule has 4 heteroatoms. The maximum absolute atomic E-state index is 13.0. The van der Waals surface area contributed by atoms with E-state index in [1.165, 1.54) is 12.1 Å². The summed E-state index contributed by atoms with van der Waals surface area (Å²) in [6, 6.07) is 5.15. The summed E-state index contributed by atoms with van der Waals surface area (Å²) in [4.78, 5) is 4.03. The maximum atomic E-state index is 13.0. The van der Waals surface area contributed by atoms with Crippen molar-refractivity contribution in [3.05, 3.63) is 29.8 Å². The summed E-state index contributed by atoms with van der Waals surface area (Å²) < 4.78 is 13.0. The smallest absolute Gasteiger partial charge is 0.141 e. The van der Waals surface area contributed by atoms with Crippen molar-refractivity contribution in [2.45, 2.75) is 51.6 Å². The summed E-state index contributed by atoms with van der Waals surface area (Å²) in [5, 5.41) is 20.8. The van der Waals surface area contributed by atoms with Gasteiger partial charge < -0.3 is 5.11 Å². The molecule has 1 aromatic heterocycles. The maximum Gasteiger partial charge on any atom is 0.141 e. The van der Waals surface area contributed by atoms with Crippen LogP contribution in [-0.2, 0) is 5.60 Å². The van der Waals surface area contributed by atoms with Gasteiger partial charge in [-0.15, -0.1) is 0 Å². The van der Waals surface area contributed by atoms with E-state index in [-0.39, 0.29) is 0 Å². The third-order valence-electron chi connectivity index (χ3n) is 4.86. The van der Waals surface area contributed by atoms with Gasteiger partial charge in [-0.2, -0.15) is 5.26 Å². The first-order valence-electron chi connectivity index (χ1n) is 7.27. The molecule has 0 bridgehead atoms. The van der Waals surface area contributed by atoms with Crippen LogP contribution in [-0.4, -0.2) is 10.1 Å². The normalized spacial score (nSPS) is 28.9. The number of aromatic nitrogens is 1. The summed E-state index contributed by atoms with van der Waals surface area (Å²) >= 11 is 0. The van der Waals surface area contributed by atoms with E-state index >= 15 is 0 Å². The van der Waals surface area contributed by atoms with Crippen LogP contribution in [0.2, 0.25) is 0 Å². The Kier molecular flexibility index (Phi) is 4.10. The first-order valence-corrected chi connectivity index (χ1v) is 7.27. The molecule has 3 nitrogen and oxygen atoms in total. The zero-order chi connectivity index (χ0) is 14.8. The van der Waals surface area contributed by atoms with Gasteiger partial charge in [0, 0.05) is 0 Å². The Morgan fingerprint density at radius 2 is 2.30 bits per heavy atom. The van der Waals surface area contributed by atoms with Crippen LogP contribution < -0.4 is 0 Å². The molecule has 1 saturated carbocycles. The lowest BCUT2D eigenvalue weighted by atomic mass is 9.67. The quantitative estimate of drug-likeness (QED) is 0.915. The van der Waals surface area contributed by atoms with Crippen molar-refractivity contribution in [2.24, 2.45) is 11.3 Å². The van der Waals surface area contributed by atoms with Crippen molar-refractivity contribution in [2.75, 3.05) is 0 Å². The molecule has 108 valence electrons. The predicted octanol–water partition coefficient (Wildman–Crippen LogP) is 3.54. The van der Waals surface area contributed by atoms with Gasteiger partial charge in [0.05, 0.1) is 23.4 Å². The molecule has 1 heterocycles. The molecule has 0 saturated heterocycles. The van der Waals surface area contributed by atoms with Gasteiger partial charge in [0.15, 0.2) is 0 Å². The molecular weight excluding hydrogens is 255 g/mol. The minimum absolute atomic E-state index is 0.398. The number of aliphatic hydroxyl groups is 1. The zero-order valence-corrected chi connectivity index (χ0v) is 12.1. The molecule has 3 atom stereocenters. The van der Waals surface area contributed by atoms with Gasteiger partial charge in [0.25, 0.3) is 0 Å². The Morgan fingerprint density at radius 3 is 2.75 bits per heavy atom. The second-order valence-corrected chi connectivity index (χ2v) is 5.79. The number of halogens is 1. The minimum atomic E-state index is -1.31. The van der Waals surface area contributed by atoms with Crippen LogP contribution >= 0.6 is 0 Å². The number of hydrogen-bond acceptors (Lipinski definition) is 3. The highest BCUT2D eigenvalue weighted by molar-refractivity contribution is 5.25. The lowest BCUT2D eigenvalue weighted by molar-refractivity contribution is -0.0681. The van der Waals surface area contributed by atoms with Crippen LogP contribution in [0.5, 0.6) is 0 Å². The van der Waals surface area contributed by atoms with Gasteiger partial charge >= 0.3 is 0 Å². The molecular formula is C16H21FN2O. The number of nitrogens with zero attached hydrogens (tertiary/aromatic N) is 2. The molecule has 2 rings (SSSR count). The molecule has 1 aliphatic carbocycles. The Hall–Kier alpha value is -1.47. The van der Waals surface area contributed by atoms with Crippen LogP contribution in [0.15, 0.2) is 18.3 Å². The lowest BCUT2D eigenvalue weighted by Gasteiger charge is -2.39. The third kappa shape index (κ3) is 2.20. The number of pyridine rings is 1. The number of rotatable bonds is 4. The molecule has 0 aromatic carbocycles. The molecule has 1 aliphatic rings. The van der Waals surface area contributed by atoms with Gasteiger partial charge in [0.2, 0.25) is 0 Å². The van der Waals surface area contributed by atoms with Crippen LogP contribution in [0.1, 0.15) is 51.6 Å². The van der Waals surface area contributed by atoms with Crippen molar-refractivity contribution in [1.82, 2.24) is 4.98 Å². The fraction of sp³-hybridized carbons (Fsp3) is 0.625. The molecule has 1 aromatic rings. The Balaban J connectivity index is 2.44. The van der Waals surface area contributed by atoms with Crippen LogP contribution in [0, 0.1) is 28.5 Å². The number of hydrogen-bond donors (Lipinski definition) is 1. The van der Waals surface area contributed by atoms with Crippen LogP contribution in [0.3, 0.4) is 0 Å². The van der Waals surface area contributed by atoms with Crippen molar-refractivity contribution >= 4 is 0 Å². The molecule has 20 heavy (non-hydrogen) atoms. The molecule has 0 radical (unpaired) electrons. The molecule has 1 N–H and O–H groups in total. The van der Waals surface area contributed by atoms with E-state index in [1.54, 1.807) is 0 Å². The highest BCUT2D eigenvalue weighted by atomic mass is 19.1. The standard InChI is InChI=1S/C16H21FN2O/c1-3-12-7-8-15(9-12,11-18)16(20,4-2)14-6-5-13(17)10-19-14/h5-6,10,12,20H,3-4,7-9H2,1-2H3. The monoisotopic (exact) mass is 276 g/mol. The van der Waals surface area contributed by atoms with Crippen molar-refractivity contribution < 1.29 is 9.50 Å². The van der Waals surface area contributed by atoms with Gasteiger partial charge in [-0.05, 0) is 43.7 Å².